The normalized spacial score (nSPS) is 10.7. The summed E-state index contributed by atoms with van der Waals surface area (Å²) in [4.78, 5) is 12.0. The Bertz CT molecular complexity index is 768. The standard InChI is InChI=1S/C14H11ClN4O/c15-11-5-3-4-10(8-11)9-13(20)16-14-18-17-12-6-1-2-7-19(12)14/h1-8H,9H2,(H,16,18,20). The van der Waals surface area contributed by atoms with Crippen molar-refractivity contribution < 1.29 is 4.79 Å². The number of nitrogens with one attached hydrogen (secondary N) is 1. The monoisotopic (exact) mass is 286 g/mol. The van der Waals surface area contributed by atoms with Crippen molar-refractivity contribution in [1.29, 1.82) is 0 Å². The fraction of sp³-hybridized carbons (Fsp3) is 0.0714. The summed E-state index contributed by atoms with van der Waals surface area (Å²) in [5, 5.41) is 11.3. The summed E-state index contributed by atoms with van der Waals surface area (Å²) in [6.45, 7) is 0. The first-order valence-electron chi connectivity index (χ1n) is 6.06. The molecule has 2 heterocycles. The molecule has 1 N–H and O–H groups in total. The predicted octanol–water partition coefficient (Wildman–Crippen LogP) is 2.56. The van der Waals surface area contributed by atoms with E-state index < -0.39 is 0 Å². The third-order valence-electron chi connectivity index (χ3n) is 2.82. The van der Waals surface area contributed by atoms with Gasteiger partial charge in [0.15, 0.2) is 5.65 Å². The van der Waals surface area contributed by atoms with Crippen molar-refractivity contribution in [3.05, 3.63) is 59.2 Å². The number of anilines is 1. The van der Waals surface area contributed by atoms with Crippen molar-refractivity contribution in [2.75, 3.05) is 5.32 Å². The molecule has 0 aliphatic rings. The van der Waals surface area contributed by atoms with Crippen molar-refractivity contribution in [1.82, 2.24) is 14.6 Å². The maximum atomic E-state index is 12.0. The van der Waals surface area contributed by atoms with Crippen LogP contribution in [0.4, 0.5) is 5.95 Å². The highest BCUT2D eigenvalue weighted by molar-refractivity contribution is 6.30. The molecule has 0 radical (unpaired) electrons. The Morgan fingerprint density at radius 3 is 2.95 bits per heavy atom. The van der Waals surface area contributed by atoms with Gasteiger partial charge >= 0.3 is 0 Å². The smallest absolute Gasteiger partial charge is 0.235 e. The first-order valence-corrected chi connectivity index (χ1v) is 6.44. The number of fused-ring (bicyclic) bond motifs is 1. The predicted molar refractivity (Wildman–Crippen MR) is 76.8 cm³/mol. The minimum Gasteiger partial charge on any atom is -0.294 e. The maximum Gasteiger partial charge on any atom is 0.235 e. The number of amides is 1. The van der Waals surface area contributed by atoms with Crippen LogP contribution in [0, 0.1) is 0 Å². The Kier molecular flexibility index (Phi) is 3.35. The molecule has 0 saturated carbocycles. The number of hydrogen-bond acceptors (Lipinski definition) is 3. The second kappa shape index (κ2) is 5.30. The van der Waals surface area contributed by atoms with Crippen molar-refractivity contribution in [2.24, 2.45) is 0 Å². The molecule has 1 amide bonds. The molecule has 20 heavy (non-hydrogen) atoms. The summed E-state index contributed by atoms with van der Waals surface area (Å²) in [5.41, 5.74) is 1.54. The Labute approximate surface area is 120 Å². The summed E-state index contributed by atoms with van der Waals surface area (Å²) in [6.07, 6.45) is 2.03. The van der Waals surface area contributed by atoms with E-state index >= 15 is 0 Å². The highest BCUT2D eigenvalue weighted by atomic mass is 35.5. The SMILES string of the molecule is O=C(Cc1cccc(Cl)c1)Nc1nnc2ccccn12. The summed E-state index contributed by atoms with van der Waals surface area (Å²) in [7, 11) is 0. The Balaban J connectivity index is 1.76. The number of pyridine rings is 1. The van der Waals surface area contributed by atoms with E-state index in [2.05, 4.69) is 15.5 Å². The van der Waals surface area contributed by atoms with Gasteiger partial charge in [0.2, 0.25) is 11.9 Å². The van der Waals surface area contributed by atoms with Crippen LogP contribution < -0.4 is 5.32 Å². The van der Waals surface area contributed by atoms with Gasteiger partial charge in [0.1, 0.15) is 0 Å². The van der Waals surface area contributed by atoms with E-state index in [0.29, 0.717) is 16.6 Å². The number of benzene rings is 1. The molecule has 0 atom stereocenters. The maximum absolute atomic E-state index is 12.0. The van der Waals surface area contributed by atoms with Gasteiger partial charge in [-0.1, -0.05) is 29.8 Å². The number of carbonyl (C=O) groups is 1. The fourth-order valence-corrected chi connectivity index (χ4v) is 2.14. The topological polar surface area (TPSA) is 59.3 Å². The van der Waals surface area contributed by atoms with Crippen molar-refractivity contribution >= 4 is 29.1 Å². The largest absolute Gasteiger partial charge is 0.294 e. The highest BCUT2D eigenvalue weighted by Gasteiger charge is 2.09. The number of carbonyl (C=O) groups excluding carboxylic acids is 1. The lowest BCUT2D eigenvalue weighted by molar-refractivity contribution is -0.115. The lowest BCUT2D eigenvalue weighted by Crippen LogP contribution is -2.16. The van der Waals surface area contributed by atoms with Crippen LogP contribution in [-0.4, -0.2) is 20.5 Å². The van der Waals surface area contributed by atoms with Crippen LogP contribution in [0.2, 0.25) is 5.02 Å². The molecule has 2 aromatic heterocycles. The molecule has 0 bridgehead atoms. The molecule has 6 heteroatoms. The van der Waals surface area contributed by atoms with Crippen LogP contribution in [0.1, 0.15) is 5.56 Å². The molecule has 5 nitrogen and oxygen atoms in total. The number of nitrogens with zero attached hydrogens (tertiary/aromatic N) is 3. The summed E-state index contributed by atoms with van der Waals surface area (Å²) < 4.78 is 1.72. The molecule has 3 aromatic rings. The molecule has 0 unspecified atom stereocenters. The van der Waals surface area contributed by atoms with Gasteiger partial charge in [0, 0.05) is 11.2 Å². The van der Waals surface area contributed by atoms with E-state index in [4.69, 9.17) is 11.6 Å². The molecule has 0 fully saturated rings. The molecule has 0 aliphatic carbocycles. The second-order valence-corrected chi connectivity index (χ2v) is 4.74. The molecular formula is C14H11ClN4O. The quantitative estimate of drug-likeness (QED) is 0.805. The lowest BCUT2D eigenvalue weighted by atomic mass is 10.1. The van der Waals surface area contributed by atoms with Gasteiger partial charge < -0.3 is 0 Å². The average molecular weight is 287 g/mol. The van der Waals surface area contributed by atoms with Gasteiger partial charge in [-0.2, -0.15) is 0 Å². The third-order valence-corrected chi connectivity index (χ3v) is 3.05. The first-order chi connectivity index (χ1) is 9.72. The van der Waals surface area contributed by atoms with Crippen LogP contribution in [0.25, 0.3) is 5.65 Å². The Morgan fingerprint density at radius 1 is 1.20 bits per heavy atom. The molecule has 0 aliphatic heterocycles. The van der Waals surface area contributed by atoms with Gasteiger partial charge in [0.05, 0.1) is 6.42 Å². The van der Waals surface area contributed by atoms with Crippen molar-refractivity contribution in [2.45, 2.75) is 6.42 Å². The highest BCUT2D eigenvalue weighted by Crippen LogP contribution is 2.12. The minimum absolute atomic E-state index is 0.162. The average Bonchev–Trinajstić information content (AvgIpc) is 2.82. The van der Waals surface area contributed by atoms with Gasteiger partial charge in [-0.25, -0.2) is 0 Å². The van der Waals surface area contributed by atoms with Gasteiger partial charge in [-0.3, -0.25) is 14.5 Å². The summed E-state index contributed by atoms with van der Waals surface area (Å²) in [5.74, 6) is 0.248. The third kappa shape index (κ3) is 2.62. The summed E-state index contributed by atoms with van der Waals surface area (Å²) in [6, 6.07) is 12.7. The first kappa shape index (κ1) is 12.6. The minimum atomic E-state index is -0.162. The number of halogens is 1. The van der Waals surface area contributed by atoms with E-state index in [1.807, 2.05) is 30.3 Å². The van der Waals surface area contributed by atoms with E-state index in [1.165, 1.54) is 0 Å². The van der Waals surface area contributed by atoms with E-state index in [0.717, 1.165) is 5.56 Å². The molecule has 0 saturated heterocycles. The molecular weight excluding hydrogens is 276 g/mol. The zero-order valence-corrected chi connectivity index (χ0v) is 11.2. The van der Waals surface area contributed by atoms with Crippen LogP contribution >= 0.6 is 11.6 Å². The summed E-state index contributed by atoms with van der Waals surface area (Å²) >= 11 is 5.89. The molecule has 100 valence electrons. The second-order valence-electron chi connectivity index (χ2n) is 4.31. The van der Waals surface area contributed by atoms with Crippen LogP contribution in [0.3, 0.4) is 0 Å². The van der Waals surface area contributed by atoms with E-state index in [-0.39, 0.29) is 12.3 Å². The van der Waals surface area contributed by atoms with Gasteiger partial charge in [-0.05, 0) is 29.8 Å². The van der Waals surface area contributed by atoms with E-state index in [9.17, 15) is 4.79 Å². The Morgan fingerprint density at radius 2 is 2.10 bits per heavy atom. The molecule has 3 rings (SSSR count). The van der Waals surface area contributed by atoms with Gasteiger partial charge in [-0.15, -0.1) is 10.2 Å². The Hall–Kier alpha value is -2.40. The van der Waals surface area contributed by atoms with Crippen molar-refractivity contribution in [3.8, 4) is 0 Å². The fourth-order valence-electron chi connectivity index (χ4n) is 1.93. The number of aromatic nitrogens is 3. The number of rotatable bonds is 3. The molecule has 1 aromatic carbocycles. The number of hydrogen-bond donors (Lipinski definition) is 1. The zero-order chi connectivity index (χ0) is 13.9. The zero-order valence-electron chi connectivity index (χ0n) is 10.5. The van der Waals surface area contributed by atoms with Crippen LogP contribution in [0.15, 0.2) is 48.7 Å². The lowest BCUT2D eigenvalue weighted by Gasteiger charge is -2.04. The van der Waals surface area contributed by atoms with Gasteiger partial charge in [0.25, 0.3) is 0 Å². The van der Waals surface area contributed by atoms with Crippen LogP contribution in [0.5, 0.6) is 0 Å². The molecule has 0 spiro atoms. The van der Waals surface area contributed by atoms with Crippen LogP contribution in [-0.2, 0) is 11.2 Å². The van der Waals surface area contributed by atoms with Crippen molar-refractivity contribution in [3.63, 3.8) is 0 Å². The van der Waals surface area contributed by atoms with E-state index in [1.54, 1.807) is 22.7 Å².